The molecule has 144 valence electrons. The number of hydrogen-bond donors (Lipinski definition) is 0. The minimum Gasteiger partial charge on any atom is -0.421 e. The lowest BCUT2D eigenvalue weighted by atomic mass is 10.1. The molecule has 0 atom stereocenters. The molecule has 8 nitrogen and oxygen atoms in total. The highest BCUT2D eigenvalue weighted by Crippen LogP contribution is 2.42. The zero-order valence-corrected chi connectivity index (χ0v) is 16.0. The number of carbonyl (C=O) groups excluding carboxylic acids is 4. The van der Waals surface area contributed by atoms with Crippen molar-refractivity contribution in [1.82, 2.24) is 0 Å². The van der Waals surface area contributed by atoms with Crippen molar-refractivity contribution in [2.75, 3.05) is 0 Å². The highest BCUT2D eigenvalue weighted by molar-refractivity contribution is 7.19. The summed E-state index contributed by atoms with van der Waals surface area (Å²) in [6, 6.07) is 7.03. The van der Waals surface area contributed by atoms with E-state index >= 15 is 0 Å². The predicted molar refractivity (Wildman–Crippen MR) is 94.4 cm³/mol. The molecule has 27 heavy (non-hydrogen) atoms. The zero-order valence-electron chi connectivity index (χ0n) is 15.1. The van der Waals surface area contributed by atoms with Gasteiger partial charge in [0.1, 0.15) is 0 Å². The molecule has 1 aromatic carbocycles. The first-order valence-corrected chi connectivity index (χ1v) is 8.71. The average molecular weight is 394 g/mol. The molecular weight excluding hydrogens is 376 g/mol. The summed E-state index contributed by atoms with van der Waals surface area (Å²) < 4.78 is 21.3. The molecular formula is C18H18O8S. The predicted octanol–water partition coefficient (Wildman–Crippen LogP) is 3.15. The van der Waals surface area contributed by atoms with Crippen molar-refractivity contribution >= 4 is 45.3 Å². The molecule has 0 bridgehead atoms. The number of esters is 4. The number of benzene rings is 1. The van der Waals surface area contributed by atoms with Crippen LogP contribution in [0.2, 0.25) is 0 Å². The van der Waals surface area contributed by atoms with Crippen LogP contribution in [0.25, 0.3) is 10.1 Å². The van der Waals surface area contributed by atoms with E-state index < -0.39 is 36.5 Å². The summed E-state index contributed by atoms with van der Waals surface area (Å²) in [5.41, 5.74) is 0.272. The summed E-state index contributed by atoms with van der Waals surface area (Å²) in [6.45, 7) is 4.67. The third kappa shape index (κ3) is 5.27. The topological polar surface area (TPSA) is 105 Å². The Morgan fingerprint density at radius 2 is 1.19 bits per heavy atom. The number of carbonyl (C=O) groups is 4. The van der Waals surface area contributed by atoms with Gasteiger partial charge in [-0.2, -0.15) is 0 Å². The van der Waals surface area contributed by atoms with E-state index in [-0.39, 0.29) is 10.4 Å². The van der Waals surface area contributed by atoms with Crippen LogP contribution in [0.4, 0.5) is 0 Å². The number of hydrogen-bond acceptors (Lipinski definition) is 9. The maximum Gasteiger partial charge on any atom is 0.306 e. The molecule has 0 N–H and O–H groups in total. The molecule has 0 amide bonds. The molecule has 0 aliphatic heterocycles. The Labute approximate surface area is 159 Å². The van der Waals surface area contributed by atoms with Gasteiger partial charge in [0.2, 0.25) is 0 Å². The Hall–Kier alpha value is -2.94. The molecule has 0 aliphatic rings. The molecule has 0 radical (unpaired) electrons. The molecule has 2 aromatic rings. The van der Waals surface area contributed by atoms with E-state index in [0.29, 0.717) is 5.39 Å². The lowest BCUT2D eigenvalue weighted by Crippen LogP contribution is -2.19. The van der Waals surface area contributed by atoms with Gasteiger partial charge in [0.15, 0.2) is 0 Å². The van der Waals surface area contributed by atoms with E-state index in [9.17, 15) is 19.2 Å². The van der Waals surface area contributed by atoms with Gasteiger partial charge in [0, 0.05) is 37.8 Å². The number of thiophene rings is 1. The van der Waals surface area contributed by atoms with E-state index in [1.165, 1.54) is 27.7 Å². The second-order valence-corrected chi connectivity index (χ2v) is 6.56. The molecule has 0 unspecified atom stereocenters. The van der Waals surface area contributed by atoms with Crippen molar-refractivity contribution in [3.05, 3.63) is 34.7 Å². The van der Waals surface area contributed by atoms with Crippen molar-refractivity contribution < 1.29 is 38.1 Å². The summed E-state index contributed by atoms with van der Waals surface area (Å²) in [5.74, 6) is -2.72. The van der Waals surface area contributed by atoms with Crippen LogP contribution in [-0.2, 0) is 38.1 Å². The van der Waals surface area contributed by atoms with Crippen molar-refractivity contribution in [2.24, 2.45) is 0 Å². The lowest BCUT2D eigenvalue weighted by molar-refractivity contribution is -0.192. The van der Waals surface area contributed by atoms with Gasteiger partial charge in [0.05, 0.1) is 10.4 Å². The highest BCUT2D eigenvalue weighted by atomic mass is 32.1. The number of fused-ring (bicyclic) bond motifs is 1. The third-order valence-corrected chi connectivity index (χ3v) is 4.41. The van der Waals surface area contributed by atoms with Crippen molar-refractivity contribution in [3.8, 4) is 0 Å². The van der Waals surface area contributed by atoms with E-state index in [1.807, 2.05) is 0 Å². The fourth-order valence-corrected chi connectivity index (χ4v) is 3.56. The monoisotopic (exact) mass is 394 g/mol. The Morgan fingerprint density at radius 1 is 0.741 bits per heavy atom. The fourth-order valence-electron chi connectivity index (χ4n) is 2.38. The summed E-state index contributed by atoms with van der Waals surface area (Å²) in [7, 11) is 0. The van der Waals surface area contributed by atoms with Crippen LogP contribution in [0, 0.1) is 0 Å². The standard InChI is InChI=1S/C18H18O8S/c1-9(19)23-17(24-10(2)20)15-13-7-5-6-8-14(13)27-16(15)18(25-11(3)21)26-12(4)22/h5-8,17-18H,1-4H3. The van der Waals surface area contributed by atoms with Gasteiger partial charge in [-0.1, -0.05) is 18.2 Å². The molecule has 1 aromatic heterocycles. The van der Waals surface area contributed by atoms with Gasteiger partial charge in [-0.3, -0.25) is 19.2 Å². The van der Waals surface area contributed by atoms with Gasteiger partial charge >= 0.3 is 23.9 Å². The SMILES string of the molecule is CC(=O)OC(OC(C)=O)c1sc2ccccc2c1C(OC(C)=O)OC(C)=O. The summed E-state index contributed by atoms with van der Waals surface area (Å²) in [4.78, 5) is 46.3. The van der Waals surface area contributed by atoms with Crippen LogP contribution >= 0.6 is 11.3 Å². The van der Waals surface area contributed by atoms with Crippen LogP contribution in [-0.4, -0.2) is 23.9 Å². The smallest absolute Gasteiger partial charge is 0.306 e. The van der Waals surface area contributed by atoms with Crippen LogP contribution in [0.5, 0.6) is 0 Å². The van der Waals surface area contributed by atoms with Gasteiger partial charge in [-0.25, -0.2) is 0 Å². The van der Waals surface area contributed by atoms with Crippen LogP contribution in [0.3, 0.4) is 0 Å². The second-order valence-electron chi connectivity index (χ2n) is 5.48. The average Bonchev–Trinajstić information content (AvgIpc) is 2.91. The molecule has 9 heteroatoms. The quantitative estimate of drug-likeness (QED) is 0.543. The molecule has 0 fully saturated rings. The van der Waals surface area contributed by atoms with E-state index in [4.69, 9.17) is 18.9 Å². The van der Waals surface area contributed by atoms with Gasteiger partial charge in [-0.05, 0) is 6.07 Å². The molecule has 0 saturated heterocycles. The Morgan fingerprint density at radius 3 is 1.67 bits per heavy atom. The Bertz CT molecular complexity index is 853. The van der Waals surface area contributed by atoms with Gasteiger partial charge < -0.3 is 18.9 Å². The number of rotatable bonds is 6. The first-order valence-electron chi connectivity index (χ1n) is 7.89. The lowest BCUT2D eigenvalue weighted by Gasteiger charge is -2.21. The summed E-state index contributed by atoms with van der Waals surface area (Å²) >= 11 is 1.16. The summed E-state index contributed by atoms with van der Waals surface area (Å²) in [6.07, 6.45) is -2.76. The van der Waals surface area contributed by atoms with Gasteiger partial charge in [-0.15, -0.1) is 11.3 Å². The minimum absolute atomic E-state index is 0.272. The van der Waals surface area contributed by atoms with Crippen molar-refractivity contribution in [1.29, 1.82) is 0 Å². The fraction of sp³-hybridized carbons (Fsp3) is 0.333. The van der Waals surface area contributed by atoms with Crippen LogP contribution in [0.15, 0.2) is 24.3 Å². The maximum absolute atomic E-state index is 11.5. The zero-order chi connectivity index (χ0) is 20.1. The van der Waals surface area contributed by atoms with E-state index in [0.717, 1.165) is 16.0 Å². The second kappa shape index (κ2) is 8.63. The largest absolute Gasteiger partial charge is 0.421 e. The minimum atomic E-state index is -1.39. The van der Waals surface area contributed by atoms with Crippen LogP contribution in [0.1, 0.15) is 50.7 Å². The Kier molecular flexibility index (Phi) is 6.51. The first-order chi connectivity index (χ1) is 12.7. The molecule has 0 spiro atoms. The molecule has 0 saturated carbocycles. The normalized spacial score (nSPS) is 10.7. The molecule has 2 rings (SSSR count). The maximum atomic E-state index is 11.5. The Balaban J connectivity index is 2.67. The molecule has 0 aliphatic carbocycles. The van der Waals surface area contributed by atoms with Crippen molar-refractivity contribution in [2.45, 2.75) is 40.3 Å². The molecule has 1 heterocycles. The third-order valence-electron chi connectivity index (χ3n) is 3.20. The summed E-state index contributed by atoms with van der Waals surface area (Å²) in [5, 5.41) is 0.606. The van der Waals surface area contributed by atoms with Crippen molar-refractivity contribution in [3.63, 3.8) is 0 Å². The van der Waals surface area contributed by atoms with E-state index in [1.54, 1.807) is 24.3 Å². The number of ether oxygens (including phenoxy) is 4. The first kappa shape index (κ1) is 20.4. The van der Waals surface area contributed by atoms with Gasteiger partial charge in [0.25, 0.3) is 12.6 Å². The van der Waals surface area contributed by atoms with Crippen LogP contribution < -0.4 is 0 Å². The van der Waals surface area contributed by atoms with E-state index in [2.05, 4.69) is 0 Å². The highest BCUT2D eigenvalue weighted by Gasteiger charge is 2.33.